The molecule has 0 unspecified atom stereocenters. The highest BCUT2D eigenvalue weighted by atomic mass is 19.1. The summed E-state index contributed by atoms with van der Waals surface area (Å²) in [5.41, 5.74) is 2.77. The van der Waals surface area contributed by atoms with Crippen molar-refractivity contribution in [2.24, 2.45) is 0 Å². The summed E-state index contributed by atoms with van der Waals surface area (Å²) in [7, 11) is 1.48. The van der Waals surface area contributed by atoms with E-state index in [0.717, 1.165) is 11.1 Å². The molecule has 0 saturated carbocycles. The summed E-state index contributed by atoms with van der Waals surface area (Å²) in [5.74, 6) is -0.449. The van der Waals surface area contributed by atoms with Crippen molar-refractivity contribution in [2.75, 3.05) is 7.11 Å². The van der Waals surface area contributed by atoms with Crippen LogP contribution in [-0.4, -0.2) is 35.5 Å². The number of phenolic OH excluding ortho intramolecular Hbond substituents is 1. The molecule has 1 saturated heterocycles. The maximum absolute atomic E-state index is 13.4. The second-order valence-corrected chi connectivity index (χ2v) is 7.45. The smallest absolute Gasteiger partial charge is 0.309 e. The van der Waals surface area contributed by atoms with Crippen LogP contribution in [0.3, 0.4) is 0 Å². The average molecular weight is 400 g/mol. The first kappa shape index (κ1) is 20.9. The molecule has 3 rings (SSSR count). The highest BCUT2D eigenvalue weighted by Gasteiger charge is 2.26. The third kappa shape index (κ3) is 4.59. The van der Waals surface area contributed by atoms with Crippen LogP contribution in [0.1, 0.15) is 43.7 Å². The highest BCUT2D eigenvalue weighted by Crippen LogP contribution is 2.44. The number of carbonyl (C=O) groups is 1. The molecule has 6 heteroatoms. The molecular weight excluding hydrogens is 375 g/mol. The molecule has 1 aliphatic heterocycles. The van der Waals surface area contributed by atoms with Crippen molar-refractivity contribution < 1.29 is 28.9 Å². The average Bonchev–Trinajstić information content (AvgIpc) is 2.66. The van der Waals surface area contributed by atoms with Crippen molar-refractivity contribution in [3.8, 4) is 22.6 Å². The molecule has 2 aromatic rings. The van der Waals surface area contributed by atoms with Crippen LogP contribution >= 0.6 is 0 Å². The van der Waals surface area contributed by atoms with E-state index in [1.165, 1.54) is 19.2 Å². The molecule has 2 aromatic carbocycles. The fourth-order valence-corrected chi connectivity index (χ4v) is 3.53. The van der Waals surface area contributed by atoms with Gasteiger partial charge in [0.15, 0.2) is 11.5 Å². The molecule has 154 valence electrons. The summed E-state index contributed by atoms with van der Waals surface area (Å²) in [6.07, 6.45) is 2.50. The Morgan fingerprint density at radius 2 is 1.97 bits per heavy atom. The van der Waals surface area contributed by atoms with Gasteiger partial charge in [0, 0.05) is 12.0 Å². The van der Waals surface area contributed by atoms with E-state index in [-0.39, 0.29) is 23.9 Å². The Hall–Kier alpha value is -2.86. The molecule has 2 atom stereocenters. The van der Waals surface area contributed by atoms with Crippen LogP contribution in [0.2, 0.25) is 0 Å². The monoisotopic (exact) mass is 400 g/mol. The number of carbonyl (C=O) groups excluding carboxylic acids is 1. The van der Waals surface area contributed by atoms with Crippen molar-refractivity contribution in [1.29, 1.82) is 0 Å². The molecule has 0 bridgehead atoms. The molecule has 0 aromatic heterocycles. The number of ether oxygens (including phenoxy) is 2. The Balaban J connectivity index is 2.14. The minimum absolute atomic E-state index is 0.00820. The van der Waals surface area contributed by atoms with E-state index in [0.29, 0.717) is 23.3 Å². The lowest BCUT2D eigenvalue weighted by molar-refractivity contribution is -0.156. The van der Waals surface area contributed by atoms with Gasteiger partial charge in [0.2, 0.25) is 0 Å². The first-order chi connectivity index (χ1) is 13.8. The lowest BCUT2D eigenvalue weighted by atomic mass is 9.88. The van der Waals surface area contributed by atoms with Crippen LogP contribution in [0.4, 0.5) is 4.39 Å². The summed E-state index contributed by atoms with van der Waals surface area (Å²) in [4.78, 5) is 11.6. The normalized spacial score (nSPS) is 19.6. The third-order valence-corrected chi connectivity index (χ3v) is 4.98. The molecule has 0 amide bonds. The van der Waals surface area contributed by atoms with Crippen LogP contribution < -0.4 is 4.74 Å². The maximum atomic E-state index is 13.4. The van der Waals surface area contributed by atoms with E-state index >= 15 is 0 Å². The van der Waals surface area contributed by atoms with Gasteiger partial charge >= 0.3 is 5.97 Å². The zero-order chi connectivity index (χ0) is 21.1. The fourth-order valence-electron chi connectivity index (χ4n) is 3.53. The third-order valence-electron chi connectivity index (χ3n) is 4.98. The Labute approximate surface area is 169 Å². The van der Waals surface area contributed by atoms with Gasteiger partial charge in [0.05, 0.1) is 19.6 Å². The molecule has 2 N–H and O–H groups in total. The molecule has 0 spiro atoms. The molecule has 1 aliphatic rings. The van der Waals surface area contributed by atoms with Crippen molar-refractivity contribution in [3.63, 3.8) is 0 Å². The van der Waals surface area contributed by atoms with Gasteiger partial charge in [-0.15, -0.1) is 0 Å². The Bertz CT molecular complexity index is 918. The minimum Gasteiger partial charge on any atom is -0.504 e. The number of aromatic hydroxyl groups is 1. The predicted octanol–water partition coefficient (Wildman–Crippen LogP) is 4.41. The van der Waals surface area contributed by atoms with E-state index in [2.05, 4.69) is 0 Å². The molecule has 5 nitrogen and oxygen atoms in total. The number of rotatable bonds is 5. The van der Waals surface area contributed by atoms with Crippen LogP contribution in [-0.2, 0) is 9.53 Å². The minimum atomic E-state index is -0.740. The van der Waals surface area contributed by atoms with E-state index in [4.69, 9.17) is 9.47 Å². The standard InChI is InChI=1S/C23H25FO5/c1-13(2)19-12-20(28-3)23(27)22(14-4-6-15(24)7-5-14)18(19)9-8-17-10-16(25)11-21(26)29-17/h4-9,12-13,16-17,25,27H,10-11H2,1-3H3/b9-8+/t16-,17-/m1/s1. The van der Waals surface area contributed by atoms with Crippen molar-refractivity contribution in [2.45, 2.75) is 44.8 Å². The first-order valence-electron chi connectivity index (χ1n) is 9.55. The summed E-state index contributed by atoms with van der Waals surface area (Å²) in [6.45, 7) is 4.03. The highest BCUT2D eigenvalue weighted by molar-refractivity contribution is 5.85. The van der Waals surface area contributed by atoms with Crippen LogP contribution in [0.15, 0.2) is 36.4 Å². The summed E-state index contributed by atoms with van der Waals surface area (Å²) in [6, 6.07) is 7.62. The van der Waals surface area contributed by atoms with E-state index in [1.807, 2.05) is 13.8 Å². The Kier molecular flexibility index (Phi) is 6.23. The summed E-state index contributed by atoms with van der Waals surface area (Å²) >= 11 is 0. The predicted molar refractivity (Wildman–Crippen MR) is 108 cm³/mol. The molecule has 29 heavy (non-hydrogen) atoms. The molecule has 1 heterocycles. The van der Waals surface area contributed by atoms with Crippen molar-refractivity contribution in [1.82, 2.24) is 0 Å². The molecular formula is C23H25FO5. The number of cyclic esters (lactones) is 1. The van der Waals surface area contributed by atoms with E-state index in [1.54, 1.807) is 30.4 Å². The number of benzene rings is 2. The SMILES string of the molecule is COc1cc(C(C)C)c(/C=C/[C@@H]2C[C@@H](O)CC(=O)O2)c(-c2ccc(F)cc2)c1O. The number of phenols is 1. The molecule has 1 fully saturated rings. The number of esters is 1. The number of aliphatic hydroxyl groups excluding tert-OH is 1. The fraction of sp³-hybridized carbons (Fsp3) is 0.348. The second-order valence-electron chi connectivity index (χ2n) is 7.45. The first-order valence-corrected chi connectivity index (χ1v) is 9.55. The van der Waals surface area contributed by atoms with Crippen LogP contribution in [0.25, 0.3) is 17.2 Å². The van der Waals surface area contributed by atoms with Gasteiger partial charge in [0.1, 0.15) is 11.9 Å². The summed E-state index contributed by atoms with van der Waals surface area (Å²) < 4.78 is 24.1. The Morgan fingerprint density at radius 3 is 2.55 bits per heavy atom. The number of methoxy groups -OCH3 is 1. The number of aliphatic hydroxyl groups is 1. The van der Waals surface area contributed by atoms with E-state index in [9.17, 15) is 19.4 Å². The van der Waals surface area contributed by atoms with Gasteiger partial charge in [-0.05, 0) is 46.9 Å². The van der Waals surface area contributed by atoms with E-state index < -0.39 is 18.2 Å². The van der Waals surface area contributed by atoms with Crippen LogP contribution in [0, 0.1) is 5.82 Å². The number of halogens is 1. The lowest BCUT2D eigenvalue weighted by Gasteiger charge is -2.24. The topological polar surface area (TPSA) is 76.0 Å². The van der Waals surface area contributed by atoms with Gasteiger partial charge in [-0.2, -0.15) is 0 Å². The van der Waals surface area contributed by atoms with Gasteiger partial charge in [0.25, 0.3) is 0 Å². The maximum Gasteiger partial charge on any atom is 0.309 e. The van der Waals surface area contributed by atoms with Gasteiger partial charge in [-0.3, -0.25) is 4.79 Å². The van der Waals surface area contributed by atoms with Crippen molar-refractivity contribution >= 4 is 12.0 Å². The molecule has 0 aliphatic carbocycles. The lowest BCUT2D eigenvalue weighted by Crippen LogP contribution is -2.31. The zero-order valence-corrected chi connectivity index (χ0v) is 16.7. The van der Waals surface area contributed by atoms with Gasteiger partial charge in [-0.25, -0.2) is 4.39 Å². The largest absolute Gasteiger partial charge is 0.504 e. The van der Waals surface area contributed by atoms with Gasteiger partial charge in [-0.1, -0.05) is 32.1 Å². The molecule has 0 radical (unpaired) electrons. The second kappa shape index (κ2) is 8.66. The quantitative estimate of drug-likeness (QED) is 0.727. The summed E-state index contributed by atoms with van der Waals surface area (Å²) in [5, 5.41) is 20.7. The van der Waals surface area contributed by atoms with Crippen LogP contribution in [0.5, 0.6) is 11.5 Å². The number of hydrogen-bond acceptors (Lipinski definition) is 5. The Morgan fingerprint density at radius 1 is 1.28 bits per heavy atom. The zero-order valence-electron chi connectivity index (χ0n) is 16.7. The van der Waals surface area contributed by atoms with Gasteiger partial charge < -0.3 is 19.7 Å². The van der Waals surface area contributed by atoms with Crippen molar-refractivity contribution in [3.05, 3.63) is 53.4 Å². The number of hydrogen-bond donors (Lipinski definition) is 2.